The topological polar surface area (TPSA) is 120 Å². The van der Waals surface area contributed by atoms with Gasteiger partial charge < -0.3 is 20.5 Å². The third-order valence-corrected chi connectivity index (χ3v) is 6.57. The number of amides is 1. The van der Waals surface area contributed by atoms with Crippen LogP contribution in [0.15, 0.2) is 41.2 Å². The molecule has 0 aromatic heterocycles. The highest BCUT2D eigenvalue weighted by molar-refractivity contribution is 7.89. The Hall–Kier alpha value is -2.17. The summed E-state index contributed by atoms with van der Waals surface area (Å²) in [6, 6.07) is 6.57. The van der Waals surface area contributed by atoms with E-state index in [0.717, 1.165) is 31.9 Å². The third-order valence-electron chi connectivity index (χ3n) is 4.87. The van der Waals surface area contributed by atoms with Gasteiger partial charge in [0.05, 0.1) is 11.0 Å². The van der Waals surface area contributed by atoms with Crippen LogP contribution in [0, 0.1) is 0 Å². The quantitative estimate of drug-likeness (QED) is 0.238. The molecule has 1 saturated carbocycles. The van der Waals surface area contributed by atoms with Crippen LogP contribution in [0.3, 0.4) is 0 Å². The molecular weight excluding hydrogens is 425 g/mol. The zero-order chi connectivity index (χ0) is 22.9. The standard InChI is InChI=1S/C21H32FN3O5S/c1-21(2,11-6-12-29-15-24-14-19(22)20(23)26)25-31(27,28)18-10-5-9-17(13-18)30-16-7-3-4-8-16/h5,9-10,13-14,16,24-25H,3-4,6-8,11-12,15H2,1-2H3,(H2,23,26)/b19-14+. The summed E-state index contributed by atoms with van der Waals surface area (Å²) in [7, 11) is -3.72. The maximum Gasteiger partial charge on any atom is 0.278 e. The van der Waals surface area contributed by atoms with Gasteiger partial charge in [0.2, 0.25) is 15.9 Å². The molecule has 1 aliphatic rings. The van der Waals surface area contributed by atoms with Crippen molar-refractivity contribution in [3.8, 4) is 5.75 Å². The van der Waals surface area contributed by atoms with Crippen LogP contribution in [0.25, 0.3) is 0 Å². The van der Waals surface area contributed by atoms with Crippen molar-refractivity contribution in [3.05, 3.63) is 36.3 Å². The normalized spacial score (nSPS) is 15.8. The van der Waals surface area contributed by atoms with Gasteiger partial charge in [-0.1, -0.05) is 6.07 Å². The molecule has 0 atom stereocenters. The van der Waals surface area contributed by atoms with Gasteiger partial charge in [-0.2, -0.15) is 4.39 Å². The molecule has 0 bridgehead atoms. The summed E-state index contributed by atoms with van der Waals surface area (Å²) in [6.45, 7) is 3.93. The van der Waals surface area contributed by atoms with Gasteiger partial charge in [-0.3, -0.25) is 4.79 Å². The lowest BCUT2D eigenvalue weighted by atomic mass is 10.0. The Bertz CT molecular complexity index is 868. The zero-order valence-corrected chi connectivity index (χ0v) is 18.8. The van der Waals surface area contributed by atoms with Crippen molar-refractivity contribution in [1.29, 1.82) is 0 Å². The van der Waals surface area contributed by atoms with Crippen molar-refractivity contribution in [3.63, 3.8) is 0 Å². The van der Waals surface area contributed by atoms with Gasteiger partial charge in [0.1, 0.15) is 12.5 Å². The second-order valence-corrected chi connectivity index (χ2v) is 9.89. The lowest BCUT2D eigenvalue weighted by Gasteiger charge is -2.26. The van der Waals surface area contributed by atoms with Crippen molar-refractivity contribution in [2.45, 2.75) is 68.9 Å². The number of ether oxygens (including phenoxy) is 2. The van der Waals surface area contributed by atoms with Crippen LogP contribution in [-0.2, 0) is 19.6 Å². The van der Waals surface area contributed by atoms with Crippen LogP contribution in [0.1, 0.15) is 52.4 Å². The summed E-state index contributed by atoms with van der Waals surface area (Å²) in [6.07, 6.45) is 6.36. The number of hydrogen-bond acceptors (Lipinski definition) is 6. The Balaban J connectivity index is 1.80. The number of sulfonamides is 1. The summed E-state index contributed by atoms with van der Waals surface area (Å²) in [5, 5.41) is 2.47. The van der Waals surface area contributed by atoms with E-state index in [-0.39, 0.29) is 17.7 Å². The Morgan fingerprint density at radius 1 is 1.32 bits per heavy atom. The number of primary amides is 1. The van der Waals surface area contributed by atoms with Gasteiger partial charge in [0.15, 0.2) is 0 Å². The molecule has 0 heterocycles. The minimum Gasteiger partial charge on any atom is -0.490 e. The Morgan fingerprint density at radius 2 is 2.03 bits per heavy atom. The third kappa shape index (κ3) is 8.84. The van der Waals surface area contributed by atoms with Crippen molar-refractivity contribution in [2.75, 3.05) is 13.3 Å². The molecule has 1 aromatic carbocycles. The molecule has 31 heavy (non-hydrogen) atoms. The van der Waals surface area contributed by atoms with Gasteiger partial charge in [-0.15, -0.1) is 0 Å². The van der Waals surface area contributed by atoms with Crippen molar-refractivity contribution >= 4 is 15.9 Å². The predicted octanol–water partition coefficient (Wildman–Crippen LogP) is 2.71. The van der Waals surface area contributed by atoms with E-state index in [4.69, 9.17) is 15.2 Å². The second kappa shape index (κ2) is 11.4. The van der Waals surface area contributed by atoms with E-state index in [1.54, 1.807) is 38.1 Å². The molecule has 0 spiro atoms. The number of halogens is 1. The minimum atomic E-state index is -3.72. The minimum absolute atomic E-state index is 0.000637. The Morgan fingerprint density at radius 3 is 2.71 bits per heavy atom. The van der Waals surface area contributed by atoms with Gasteiger partial charge in [0, 0.05) is 24.4 Å². The summed E-state index contributed by atoms with van der Waals surface area (Å²) >= 11 is 0. The number of benzene rings is 1. The number of rotatable bonds is 13. The summed E-state index contributed by atoms with van der Waals surface area (Å²) in [5.41, 5.74) is 4.06. The van der Waals surface area contributed by atoms with Crippen molar-refractivity contribution in [1.82, 2.24) is 10.0 Å². The Kier molecular flexibility index (Phi) is 9.27. The molecule has 0 unspecified atom stereocenters. The molecule has 1 aromatic rings. The zero-order valence-electron chi connectivity index (χ0n) is 18.0. The fourth-order valence-electron chi connectivity index (χ4n) is 3.34. The first-order chi connectivity index (χ1) is 14.6. The van der Waals surface area contributed by atoms with E-state index >= 15 is 0 Å². The fourth-order valence-corrected chi connectivity index (χ4v) is 4.81. The molecule has 0 saturated heterocycles. The SMILES string of the molecule is CC(C)(CCCOCN/C=C(/F)C(N)=O)NS(=O)(=O)c1cccc(OC2CCCC2)c1. The lowest BCUT2D eigenvalue weighted by Crippen LogP contribution is -2.43. The largest absolute Gasteiger partial charge is 0.490 e. The first kappa shape index (κ1) is 25.1. The molecule has 0 radical (unpaired) electrons. The van der Waals surface area contributed by atoms with Gasteiger partial charge in [-0.25, -0.2) is 13.1 Å². The first-order valence-corrected chi connectivity index (χ1v) is 11.8. The van der Waals surface area contributed by atoms with Crippen LogP contribution in [0.5, 0.6) is 5.75 Å². The van der Waals surface area contributed by atoms with E-state index in [2.05, 4.69) is 10.0 Å². The van der Waals surface area contributed by atoms with Gasteiger partial charge in [0.25, 0.3) is 5.91 Å². The molecule has 1 aliphatic carbocycles. The van der Waals surface area contributed by atoms with E-state index in [0.29, 0.717) is 25.2 Å². The van der Waals surface area contributed by atoms with Crippen LogP contribution >= 0.6 is 0 Å². The average Bonchev–Trinajstić information content (AvgIpc) is 3.19. The maximum absolute atomic E-state index is 12.9. The molecule has 2 rings (SSSR count). The maximum atomic E-state index is 12.9. The van der Waals surface area contributed by atoms with Crippen molar-refractivity contribution in [2.24, 2.45) is 5.73 Å². The van der Waals surface area contributed by atoms with E-state index in [9.17, 15) is 17.6 Å². The summed E-state index contributed by atoms with van der Waals surface area (Å²) in [4.78, 5) is 10.7. The summed E-state index contributed by atoms with van der Waals surface area (Å²) < 4.78 is 52.5. The van der Waals surface area contributed by atoms with Crippen LogP contribution in [0.2, 0.25) is 0 Å². The highest BCUT2D eigenvalue weighted by Gasteiger charge is 2.26. The number of carbonyl (C=O) groups excluding carboxylic acids is 1. The molecule has 8 nitrogen and oxygen atoms in total. The smallest absolute Gasteiger partial charge is 0.278 e. The van der Waals surface area contributed by atoms with Crippen LogP contribution in [0.4, 0.5) is 4.39 Å². The monoisotopic (exact) mass is 457 g/mol. The first-order valence-electron chi connectivity index (χ1n) is 10.4. The molecule has 1 fully saturated rings. The van der Waals surface area contributed by atoms with E-state index in [1.165, 1.54) is 0 Å². The predicted molar refractivity (Wildman–Crippen MR) is 115 cm³/mol. The summed E-state index contributed by atoms with van der Waals surface area (Å²) in [5.74, 6) is -1.68. The average molecular weight is 458 g/mol. The van der Waals surface area contributed by atoms with Gasteiger partial charge in [-0.05, 0) is 64.5 Å². The number of nitrogens with two attached hydrogens (primary N) is 1. The molecule has 174 valence electrons. The molecular formula is C21H32FN3O5S. The van der Waals surface area contributed by atoms with Gasteiger partial charge >= 0.3 is 0 Å². The van der Waals surface area contributed by atoms with E-state index < -0.39 is 27.3 Å². The second-order valence-electron chi connectivity index (χ2n) is 8.21. The lowest BCUT2D eigenvalue weighted by molar-refractivity contribution is -0.115. The van der Waals surface area contributed by atoms with Crippen LogP contribution in [-0.4, -0.2) is 39.3 Å². The molecule has 4 N–H and O–H groups in total. The number of hydrogen-bond donors (Lipinski definition) is 3. The fraction of sp³-hybridized carbons (Fsp3) is 0.571. The van der Waals surface area contributed by atoms with Crippen LogP contribution < -0.4 is 20.5 Å². The number of nitrogens with one attached hydrogen (secondary N) is 2. The van der Waals surface area contributed by atoms with Crippen molar-refractivity contribution < 1.29 is 27.1 Å². The molecule has 0 aliphatic heterocycles. The molecule has 10 heteroatoms. The number of carbonyl (C=O) groups is 1. The van der Waals surface area contributed by atoms with E-state index in [1.807, 2.05) is 0 Å². The molecule has 1 amide bonds. The Labute approximate surface area is 183 Å². The highest BCUT2D eigenvalue weighted by Crippen LogP contribution is 2.26. The highest BCUT2D eigenvalue weighted by atomic mass is 32.2.